The summed E-state index contributed by atoms with van der Waals surface area (Å²) in [6.45, 7) is 5.11. The van der Waals surface area contributed by atoms with Gasteiger partial charge in [0.2, 0.25) is 0 Å². The highest BCUT2D eigenvalue weighted by Gasteiger charge is 2.16. The lowest BCUT2D eigenvalue weighted by Crippen LogP contribution is -2.42. The summed E-state index contributed by atoms with van der Waals surface area (Å²) in [6, 6.07) is 3.87. The number of nitrogens with one attached hydrogen (secondary N) is 3. The maximum absolute atomic E-state index is 8.85. The quantitative estimate of drug-likeness (QED) is 0.564. The number of anilines is 3. The van der Waals surface area contributed by atoms with Gasteiger partial charge in [0.15, 0.2) is 5.69 Å². The van der Waals surface area contributed by atoms with Gasteiger partial charge in [-0.25, -0.2) is 19.9 Å². The van der Waals surface area contributed by atoms with E-state index in [-0.39, 0.29) is 11.8 Å². The first-order valence-electron chi connectivity index (χ1n) is 9.19. The van der Waals surface area contributed by atoms with Gasteiger partial charge in [0.25, 0.3) is 0 Å². The Morgan fingerprint density at radius 2 is 2.10 bits per heavy atom. The molecule has 0 unspecified atom stereocenters. The van der Waals surface area contributed by atoms with Crippen LogP contribution in [0.5, 0.6) is 0 Å². The lowest BCUT2D eigenvalue weighted by Gasteiger charge is -2.24. The van der Waals surface area contributed by atoms with Crippen molar-refractivity contribution in [3.8, 4) is 16.6 Å². The number of hydrogen-bond donors (Lipinski definition) is 3. The van der Waals surface area contributed by atoms with Gasteiger partial charge in [0, 0.05) is 48.7 Å². The molecule has 1 aliphatic rings. The number of nitriles is 1. The van der Waals surface area contributed by atoms with Crippen molar-refractivity contribution in [2.45, 2.75) is 13.0 Å². The molecule has 0 radical (unpaired) electrons. The molecule has 4 heterocycles. The van der Waals surface area contributed by atoms with Crippen LogP contribution >= 0.6 is 11.3 Å². The summed E-state index contributed by atoms with van der Waals surface area (Å²) >= 11 is 1.62. The molecule has 1 atom stereocenters. The first kappa shape index (κ1) is 19.2. The van der Waals surface area contributed by atoms with Crippen LogP contribution in [0.15, 0.2) is 30.9 Å². The van der Waals surface area contributed by atoms with Gasteiger partial charge in [0.1, 0.15) is 22.7 Å². The van der Waals surface area contributed by atoms with Gasteiger partial charge < -0.3 is 20.7 Å². The molecule has 1 aliphatic heterocycles. The van der Waals surface area contributed by atoms with Crippen LogP contribution < -0.4 is 16.0 Å². The van der Waals surface area contributed by atoms with Gasteiger partial charge in [-0.2, -0.15) is 5.26 Å². The second-order valence-electron chi connectivity index (χ2n) is 6.49. The summed E-state index contributed by atoms with van der Waals surface area (Å²) in [4.78, 5) is 18.3. The van der Waals surface area contributed by atoms with Crippen LogP contribution in [0.4, 0.5) is 17.3 Å². The van der Waals surface area contributed by atoms with Crippen molar-refractivity contribution in [1.29, 1.82) is 5.26 Å². The van der Waals surface area contributed by atoms with E-state index in [0.29, 0.717) is 24.8 Å². The summed E-state index contributed by atoms with van der Waals surface area (Å²) in [5, 5.41) is 19.7. The van der Waals surface area contributed by atoms with Crippen LogP contribution in [0.1, 0.15) is 10.6 Å². The van der Waals surface area contributed by atoms with Crippen molar-refractivity contribution in [3.63, 3.8) is 0 Å². The maximum atomic E-state index is 8.85. The molecule has 4 rings (SSSR count). The van der Waals surface area contributed by atoms with Crippen LogP contribution in [0.2, 0.25) is 0 Å². The molecule has 3 N–H and O–H groups in total. The minimum atomic E-state index is 0.101. The molecular formula is C19H20N8OS. The Bertz CT molecular complexity index is 1010. The first-order valence-corrected chi connectivity index (χ1v) is 10.0. The number of nitrogens with zero attached hydrogens (tertiary/aromatic N) is 5. The number of thiazole rings is 1. The number of pyridine rings is 1. The average molecular weight is 408 g/mol. The standard InChI is InChI=1S/C19H20N8OS/c1-12-6-26-19(29-12)15-10-25-17(27-18-11-22-13(5-20)7-24-18)4-16(15)23-9-14-8-21-2-3-28-14/h4,6-7,10-11,14,21H,2-3,8-9H2,1H3,(H2,23,24,25,27)/t14-/m1/s1. The van der Waals surface area contributed by atoms with E-state index >= 15 is 0 Å². The van der Waals surface area contributed by atoms with Crippen molar-refractivity contribution >= 4 is 28.7 Å². The minimum absolute atomic E-state index is 0.101. The first-order chi connectivity index (χ1) is 14.2. The fourth-order valence-electron chi connectivity index (χ4n) is 2.88. The Morgan fingerprint density at radius 3 is 2.79 bits per heavy atom. The molecule has 10 heteroatoms. The van der Waals surface area contributed by atoms with Crippen molar-refractivity contribution in [2.75, 3.05) is 36.9 Å². The molecule has 0 aromatic carbocycles. The third kappa shape index (κ3) is 4.83. The van der Waals surface area contributed by atoms with Crippen LogP contribution in [-0.4, -0.2) is 52.3 Å². The predicted octanol–water partition coefficient (Wildman–Crippen LogP) is 2.32. The third-order valence-corrected chi connectivity index (χ3v) is 5.25. The number of rotatable bonds is 6. The van der Waals surface area contributed by atoms with Crippen molar-refractivity contribution in [1.82, 2.24) is 25.3 Å². The van der Waals surface area contributed by atoms with E-state index in [2.05, 4.69) is 35.9 Å². The van der Waals surface area contributed by atoms with Gasteiger partial charge in [-0.05, 0) is 6.92 Å². The Hall–Kier alpha value is -3.13. The molecule has 9 nitrogen and oxygen atoms in total. The molecule has 148 valence electrons. The van der Waals surface area contributed by atoms with Crippen LogP contribution in [0, 0.1) is 18.3 Å². The van der Waals surface area contributed by atoms with Crippen molar-refractivity contribution < 1.29 is 4.74 Å². The molecule has 3 aromatic heterocycles. The smallest absolute Gasteiger partial charge is 0.158 e. The predicted molar refractivity (Wildman–Crippen MR) is 111 cm³/mol. The zero-order valence-corrected chi connectivity index (χ0v) is 16.7. The highest BCUT2D eigenvalue weighted by molar-refractivity contribution is 7.15. The number of hydrogen-bond acceptors (Lipinski definition) is 10. The number of aryl methyl sites for hydroxylation is 1. The lowest BCUT2D eigenvalue weighted by atomic mass is 10.2. The molecule has 29 heavy (non-hydrogen) atoms. The minimum Gasteiger partial charge on any atom is -0.382 e. The topological polar surface area (TPSA) is 121 Å². The largest absolute Gasteiger partial charge is 0.382 e. The lowest BCUT2D eigenvalue weighted by molar-refractivity contribution is 0.0372. The van der Waals surface area contributed by atoms with E-state index in [4.69, 9.17) is 10.00 Å². The highest BCUT2D eigenvalue weighted by Crippen LogP contribution is 2.32. The zero-order chi connectivity index (χ0) is 20.1. The van der Waals surface area contributed by atoms with Crippen LogP contribution in [0.3, 0.4) is 0 Å². The van der Waals surface area contributed by atoms with Crippen molar-refractivity contribution in [2.24, 2.45) is 0 Å². The SMILES string of the molecule is Cc1cnc(-c2cnc(Nc3cnc(C#N)cn3)cc2NC[C@H]2CNCCO2)s1. The van der Waals surface area contributed by atoms with Gasteiger partial charge in [-0.1, -0.05) is 0 Å². The Balaban J connectivity index is 1.57. The number of aromatic nitrogens is 4. The third-order valence-electron chi connectivity index (χ3n) is 4.30. The van der Waals surface area contributed by atoms with Crippen molar-refractivity contribution in [3.05, 3.63) is 41.4 Å². The number of morpholine rings is 1. The number of ether oxygens (including phenoxy) is 1. The molecule has 0 amide bonds. The average Bonchev–Trinajstić information content (AvgIpc) is 3.20. The van der Waals surface area contributed by atoms with E-state index in [1.807, 2.05) is 25.3 Å². The molecule has 1 fully saturated rings. The summed E-state index contributed by atoms with van der Waals surface area (Å²) < 4.78 is 5.78. The second-order valence-corrected chi connectivity index (χ2v) is 7.73. The maximum Gasteiger partial charge on any atom is 0.158 e. The fourth-order valence-corrected chi connectivity index (χ4v) is 3.66. The van der Waals surface area contributed by atoms with Gasteiger partial charge in [0.05, 0.1) is 30.7 Å². The van der Waals surface area contributed by atoms with E-state index in [1.54, 1.807) is 17.5 Å². The van der Waals surface area contributed by atoms with E-state index in [9.17, 15) is 0 Å². The van der Waals surface area contributed by atoms with Crippen LogP contribution in [-0.2, 0) is 4.74 Å². The highest BCUT2D eigenvalue weighted by atomic mass is 32.1. The normalized spacial score (nSPS) is 16.2. The Morgan fingerprint density at radius 1 is 1.21 bits per heavy atom. The molecule has 0 saturated carbocycles. The molecule has 0 bridgehead atoms. The molecule has 0 spiro atoms. The Labute approximate surface area is 172 Å². The summed E-state index contributed by atoms with van der Waals surface area (Å²) in [5.41, 5.74) is 2.11. The molecule has 1 saturated heterocycles. The fraction of sp³-hybridized carbons (Fsp3) is 0.316. The Kier molecular flexibility index (Phi) is 5.90. The molecular weight excluding hydrogens is 388 g/mol. The summed E-state index contributed by atoms with van der Waals surface area (Å²) in [5.74, 6) is 1.13. The van der Waals surface area contributed by atoms with Gasteiger partial charge in [-0.15, -0.1) is 11.3 Å². The van der Waals surface area contributed by atoms with Crippen LogP contribution in [0.25, 0.3) is 10.6 Å². The molecule has 3 aromatic rings. The summed E-state index contributed by atoms with van der Waals surface area (Å²) in [6.07, 6.45) is 6.67. The van der Waals surface area contributed by atoms with E-state index in [1.165, 1.54) is 12.4 Å². The monoisotopic (exact) mass is 408 g/mol. The van der Waals surface area contributed by atoms with E-state index in [0.717, 1.165) is 34.2 Å². The summed E-state index contributed by atoms with van der Waals surface area (Å²) in [7, 11) is 0. The van der Waals surface area contributed by atoms with Gasteiger partial charge >= 0.3 is 0 Å². The van der Waals surface area contributed by atoms with E-state index < -0.39 is 0 Å². The zero-order valence-electron chi connectivity index (χ0n) is 15.8. The molecule has 0 aliphatic carbocycles. The van der Waals surface area contributed by atoms with Gasteiger partial charge in [-0.3, -0.25) is 0 Å². The second kappa shape index (κ2) is 8.91.